The number of carboxylic acid groups (broad SMARTS) is 1. The fraction of sp³-hybridized carbons (Fsp3) is 0.0588. The zero-order valence-corrected chi connectivity index (χ0v) is 13.0. The van der Waals surface area contributed by atoms with Gasteiger partial charge >= 0.3 is 5.97 Å². The van der Waals surface area contributed by atoms with E-state index in [0.29, 0.717) is 11.4 Å². The first-order chi connectivity index (χ1) is 11.5. The van der Waals surface area contributed by atoms with E-state index in [1.807, 2.05) is 0 Å². The largest absolute Gasteiger partial charge is 0.480 e. The van der Waals surface area contributed by atoms with Gasteiger partial charge in [0.05, 0.1) is 10.7 Å². The molecule has 0 aromatic heterocycles. The predicted molar refractivity (Wildman–Crippen MR) is 86.4 cm³/mol. The number of aliphatic carboxylic acids is 1. The molecule has 2 aromatic rings. The number of hydrogen-bond donors (Lipinski definition) is 1. The van der Waals surface area contributed by atoms with Crippen molar-refractivity contribution < 1.29 is 23.8 Å². The average Bonchev–Trinajstić information content (AvgIpc) is 2.54. The number of amides is 1. The van der Waals surface area contributed by atoms with Crippen molar-refractivity contribution in [1.29, 1.82) is 0 Å². The monoisotopic (exact) mass is 347 g/mol. The van der Waals surface area contributed by atoms with Crippen molar-refractivity contribution in [3.05, 3.63) is 64.6 Å². The number of hydrogen-bond acceptors (Lipinski definition) is 3. The van der Waals surface area contributed by atoms with Gasteiger partial charge in [0.25, 0.3) is 5.91 Å². The Balaban J connectivity index is 2.09. The summed E-state index contributed by atoms with van der Waals surface area (Å²) in [5, 5.41) is 9.15. The number of ether oxygens (including phenoxy) is 1. The van der Waals surface area contributed by atoms with Crippen LogP contribution in [0.3, 0.4) is 0 Å². The Morgan fingerprint density at radius 2 is 2.00 bits per heavy atom. The molecule has 0 bridgehead atoms. The van der Waals surface area contributed by atoms with Crippen molar-refractivity contribution in [1.82, 2.24) is 0 Å². The summed E-state index contributed by atoms with van der Waals surface area (Å²) in [5.74, 6) is -2.38. The van der Waals surface area contributed by atoms with Gasteiger partial charge in [0, 0.05) is 5.56 Å². The summed E-state index contributed by atoms with van der Waals surface area (Å²) in [6.45, 7) is -0.540. The minimum absolute atomic E-state index is 0.00262. The minimum Gasteiger partial charge on any atom is -0.480 e. The van der Waals surface area contributed by atoms with E-state index >= 15 is 0 Å². The van der Waals surface area contributed by atoms with Crippen LogP contribution >= 0.6 is 11.6 Å². The van der Waals surface area contributed by atoms with Gasteiger partial charge in [-0.1, -0.05) is 29.8 Å². The van der Waals surface area contributed by atoms with E-state index in [-0.39, 0.29) is 16.3 Å². The predicted octanol–water partition coefficient (Wildman–Crippen LogP) is 3.33. The van der Waals surface area contributed by atoms with Crippen LogP contribution in [-0.4, -0.2) is 23.5 Å². The second-order valence-electron chi connectivity index (χ2n) is 5.00. The molecule has 2 aromatic carbocycles. The van der Waals surface area contributed by atoms with Crippen LogP contribution in [0.5, 0.6) is 5.75 Å². The van der Waals surface area contributed by atoms with Gasteiger partial charge in [-0.2, -0.15) is 0 Å². The van der Waals surface area contributed by atoms with Crippen molar-refractivity contribution in [2.24, 2.45) is 0 Å². The molecular weight excluding hydrogens is 337 g/mol. The van der Waals surface area contributed by atoms with Crippen molar-refractivity contribution in [2.75, 3.05) is 11.4 Å². The fourth-order valence-electron chi connectivity index (χ4n) is 2.33. The molecule has 0 spiro atoms. The van der Waals surface area contributed by atoms with Crippen LogP contribution in [-0.2, 0) is 9.59 Å². The third-order valence-corrected chi connectivity index (χ3v) is 3.73. The van der Waals surface area contributed by atoms with Crippen LogP contribution in [0.25, 0.3) is 6.08 Å². The normalized spacial score (nSPS) is 15.2. The first-order valence-electron chi connectivity index (χ1n) is 6.93. The van der Waals surface area contributed by atoms with Gasteiger partial charge < -0.3 is 9.84 Å². The summed E-state index contributed by atoms with van der Waals surface area (Å²) < 4.78 is 19.5. The van der Waals surface area contributed by atoms with Gasteiger partial charge in [0.2, 0.25) is 0 Å². The fourth-order valence-corrected chi connectivity index (χ4v) is 2.55. The van der Waals surface area contributed by atoms with Gasteiger partial charge in [-0.15, -0.1) is 0 Å². The molecule has 7 heteroatoms. The number of carbonyl (C=O) groups is 2. The van der Waals surface area contributed by atoms with Crippen molar-refractivity contribution >= 4 is 35.2 Å². The maximum absolute atomic E-state index is 13.9. The van der Waals surface area contributed by atoms with Crippen LogP contribution in [0.1, 0.15) is 5.56 Å². The van der Waals surface area contributed by atoms with E-state index < -0.39 is 24.2 Å². The Hall–Kier alpha value is -2.86. The number of carboxylic acids is 1. The molecule has 1 amide bonds. The highest BCUT2D eigenvalue weighted by atomic mass is 35.5. The topological polar surface area (TPSA) is 66.8 Å². The third-order valence-electron chi connectivity index (χ3n) is 3.40. The highest BCUT2D eigenvalue weighted by Gasteiger charge is 2.31. The number of para-hydroxylation sites is 2. The molecule has 3 rings (SSSR count). The number of rotatable bonds is 3. The maximum Gasteiger partial charge on any atom is 0.323 e. The van der Waals surface area contributed by atoms with Gasteiger partial charge in [0.15, 0.2) is 11.5 Å². The molecule has 5 nitrogen and oxygen atoms in total. The SMILES string of the molecule is O=C(O)CN1C(=O)C(=Cc2c(F)cccc2Cl)Oc2ccccc21. The number of anilines is 1. The Morgan fingerprint density at radius 1 is 1.25 bits per heavy atom. The average molecular weight is 348 g/mol. The zero-order valence-electron chi connectivity index (χ0n) is 12.2. The molecule has 1 N–H and O–H groups in total. The van der Waals surface area contributed by atoms with Gasteiger partial charge in [-0.05, 0) is 30.3 Å². The molecule has 0 atom stereocenters. The van der Waals surface area contributed by atoms with Gasteiger partial charge in [0.1, 0.15) is 12.4 Å². The van der Waals surface area contributed by atoms with Crippen LogP contribution in [0, 0.1) is 5.82 Å². The lowest BCUT2D eigenvalue weighted by atomic mass is 10.1. The molecule has 1 aliphatic rings. The molecule has 122 valence electrons. The number of nitrogens with zero attached hydrogens (tertiary/aromatic N) is 1. The Bertz CT molecular complexity index is 845. The lowest BCUT2D eigenvalue weighted by Crippen LogP contribution is -2.40. The number of carbonyl (C=O) groups excluding carboxylic acids is 1. The first kappa shape index (κ1) is 16.0. The molecule has 0 saturated heterocycles. The summed E-state index contributed by atoms with van der Waals surface area (Å²) in [6.07, 6.45) is 1.17. The molecule has 1 aliphatic heterocycles. The quantitative estimate of drug-likeness (QED) is 0.865. The lowest BCUT2D eigenvalue weighted by molar-refractivity contribution is -0.136. The van der Waals surface area contributed by atoms with Crippen LogP contribution in [0.15, 0.2) is 48.2 Å². The van der Waals surface area contributed by atoms with E-state index in [0.717, 1.165) is 4.90 Å². The summed E-state index contributed by atoms with van der Waals surface area (Å²) >= 11 is 5.96. The molecule has 24 heavy (non-hydrogen) atoms. The molecule has 0 aliphatic carbocycles. The highest BCUT2D eigenvalue weighted by Crippen LogP contribution is 2.36. The Labute approximate surface area is 141 Å². The van der Waals surface area contributed by atoms with Crippen LogP contribution in [0.4, 0.5) is 10.1 Å². The summed E-state index contributed by atoms with van der Waals surface area (Å²) in [7, 11) is 0. The highest BCUT2D eigenvalue weighted by molar-refractivity contribution is 6.32. The second kappa shape index (κ2) is 6.33. The van der Waals surface area contributed by atoms with E-state index in [2.05, 4.69) is 0 Å². The van der Waals surface area contributed by atoms with Gasteiger partial charge in [-0.25, -0.2) is 4.39 Å². The minimum atomic E-state index is -1.18. The molecular formula is C17H11ClFNO4. The summed E-state index contributed by atoms with van der Waals surface area (Å²) in [6, 6.07) is 10.6. The summed E-state index contributed by atoms with van der Waals surface area (Å²) in [4.78, 5) is 24.7. The third kappa shape index (κ3) is 2.96. The van der Waals surface area contributed by atoms with Crippen LogP contribution < -0.4 is 9.64 Å². The second-order valence-corrected chi connectivity index (χ2v) is 5.41. The van der Waals surface area contributed by atoms with Gasteiger partial charge in [-0.3, -0.25) is 14.5 Å². The number of halogens is 2. The molecule has 1 heterocycles. The van der Waals surface area contributed by atoms with Crippen molar-refractivity contribution in [3.8, 4) is 5.75 Å². The standard InChI is InChI=1S/C17H11ClFNO4/c18-11-4-3-5-12(19)10(11)8-15-17(23)20(9-16(21)22)13-6-1-2-7-14(13)24-15/h1-8H,9H2,(H,21,22). The number of fused-ring (bicyclic) bond motifs is 1. The van der Waals surface area contributed by atoms with E-state index in [4.69, 9.17) is 21.4 Å². The molecule has 0 radical (unpaired) electrons. The Morgan fingerprint density at radius 3 is 2.71 bits per heavy atom. The van der Waals surface area contributed by atoms with Crippen molar-refractivity contribution in [2.45, 2.75) is 0 Å². The van der Waals surface area contributed by atoms with Crippen LogP contribution in [0.2, 0.25) is 5.02 Å². The van der Waals surface area contributed by atoms with E-state index in [1.54, 1.807) is 24.3 Å². The molecule has 0 fully saturated rings. The summed E-state index contributed by atoms with van der Waals surface area (Å²) in [5.41, 5.74) is 0.332. The zero-order chi connectivity index (χ0) is 17.3. The smallest absolute Gasteiger partial charge is 0.323 e. The lowest BCUT2D eigenvalue weighted by Gasteiger charge is -2.29. The number of benzene rings is 2. The van der Waals surface area contributed by atoms with E-state index in [1.165, 1.54) is 24.3 Å². The first-order valence-corrected chi connectivity index (χ1v) is 7.31. The molecule has 0 saturated carbocycles. The van der Waals surface area contributed by atoms with Crippen molar-refractivity contribution in [3.63, 3.8) is 0 Å². The van der Waals surface area contributed by atoms with E-state index in [9.17, 15) is 14.0 Å². The molecule has 0 unspecified atom stereocenters. The maximum atomic E-state index is 13.9. The Kier molecular flexibility index (Phi) is 4.22.